The second-order valence-electron chi connectivity index (χ2n) is 7.01. The van der Waals surface area contributed by atoms with Gasteiger partial charge >= 0.3 is 11.9 Å². The summed E-state index contributed by atoms with van der Waals surface area (Å²) in [5, 5.41) is 14.4. The van der Waals surface area contributed by atoms with Crippen molar-refractivity contribution < 1.29 is 29.0 Å². The van der Waals surface area contributed by atoms with Crippen molar-refractivity contribution >= 4 is 34.2 Å². The molecule has 8 heteroatoms. The fourth-order valence-corrected chi connectivity index (χ4v) is 4.51. The first kappa shape index (κ1) is 22.6. The second-order valence-corrected chi connectivity index (χ2v) is 7.89. The highest BCUT2D eigenvalue weighted by Gasteiger charge is 2.35. The second kappa shape index (κ2) is 10.3. The Kier molecular flexibility index (Phi) is 7.46. The third-order valence-electron chi connectivity index (χ3n) is 5.07. The molecule has 0 aliphatic heterocycles. The highest BCUT2D eigenvalue weighted by Crippen LogP contribution is 2.38. The zero-order valence-corrected chi connectivity index (χ0v) is 18.2. The Bertz CT molecular complexity index is 978. The molecule has 0 saturated heterocycles. The molecule has 3 rings (SSSR count). The van der Waals surface area contributed by atoms with Crippen LogP contribution in [0.4, 0.5) is 5.00 Å². The van der Waals surface area contributed by atoms with Crippen LogP contribution in [0.2, 0.25) is 0 Å². The van der Waals surface area contributed by atoms with Gasteiger partial charge in [0.25, 0.3) is 0 Å². The van der Waals surface area contributed by atoms with Crippen LogP contribution in [-0.4, -0.2) is 36.2 Å². The SMILES string of the molecule is CCOC(=O)c1c(-c2ccc(OCC)cc2)csc1NC(=O)[C@@H]1CC=CC[C@@H]1C(=O)O. The number of nitrogens with one attached hydrogen (secondary N) is 1. The molecule has 7 nitrogen and oxygen atoms in total. The predicted molar refractivity (Wildman–Crippen MR) is 119 cm³/mol. The Labute approximate surface area is 184 Å². The van der Waals surface area contributed by atoms with Crippen molar-refractivity contribution in [3.8, 4) is 16.9 Å². The molecular weight excluding hydrogens is 418 g/mol. The number of carbonyl (C=O) groups is 3. The average molecular weight is 444 g/mol. The molecule has 1 aliphatic carbocycles. The van der Waals surface area contributed by atoms with Gasteiger partial charge in [0.2, 0.25) is 5.91 Å². The van der Waals surface area contributed by atoms with Gasteiger partial charge in [-0.1, -0.05) is 24.3 Å². The van der Waals surface area contributed by atoms with Crippen LogP contribution < -0.4 is 10.1 Å². The summed E-state index contributed by atoms with van der Waals surface area (Å²) in [6.07, 6.45) is 4.24. The van der Waals surface area contributed by atoms with E-state index in [1.165, 1.54) is 11.3 Å². The number of carbonyl (C=O) groups excluding carboxylic acids is 2. The van der Waals surface area contributed by atoms with Gasteiger partial charge in [-0.25, -0.2) is 4.79 Å². The van der Waals surface area contributed by atoms with Crippen LogP contribution in [0.15, 0.2) is 41.8 Å². The standard InChI is InChI=1S/C23H25NO6S/c1-3-29-15-11-9-14(10-12-15)18-13-31-21(19(18)23(28)30-4-2)24-20(25)16-7-5-6-8-17(16)22(26)27/h5-6,9-13,16-17H,3-4,7-8H2,1-2H3,(H,24,25)(H,26,27)/t16-,17+/m1/s1. The smallest absolute Gasteiger partial charge is 0.341 e. The number of amides is 1. The lowest BCUT2D eigenvalue weighted by atomic mass is 9.82. The van der Waals surface area contributed by atoms with Crippen LogP contribution in [-0.2, 0) is 14.3 Å². The first-order chi connectivity index (χ1) is 15.0. The van der Waals surface area contributed by atoms with Gasteiger partial charge in [0, 0.05) is 10.9 Å². The maximum absolute atomic E-state index is 12.9. The van der Waals surface area contributed by atoms with E-state index in [1.54, 1.807) is 18.4 Å². The Morgan fingerprint density at radius 2 is 1.74 bits per heavy atom. The van der Waals surface area contributed by atoms with E-state index >= 15 is 0 Å². The highest BCUT2D eigenvalue weighted by molar-refractivity contribution is 7.15. The number of anilines is 1. The minimum atomic E-state index is -1.00. The molecule has 0 saturated carbocycles. The number of thiophene rings is 1. The first-order valence-electron chi connectivity index (χ1n) is 10.2. The van der Waals surface area contributed by atoms with E-state index in [1.807, 2.05) is 37.3 Å². The molecule has 0 bridgehead atoms. The van der Waals surface area contributed by atoms with Crippen LogP contribution in [0.3, 0.4) is 0 Å². The van der Waals surface area contributed by atoms with Crippen molar-refractivity contribution in [3.63, 3.8) is 0 Å². The normalized spacial score (nSPS) is 17.7. The zero-order valence-electron chi connectivity index (χ0n) is 17.4. The Balaban J connectivity index is 1.91. The van der Waals surface area contributed by atoms with Gasteiger partial charge in [-0.15, -0.1) is 11.3 Å². The van der Waals surface area contributed by atoms with Crippen molar-refractivity contribution in [2.75, 3.05) is 18.5 Å². The van der Waals surface area contributed by atoms with Crippen molar-refractivity contribution in [1.29, 1.82) is 0 Å². The number of esters is 1. The minimum absolute atomic E-state index is 0.194. The van der Waals surface area contributed by atoms with E-state index < -0.39 is 29.7 Å². The van der Waals surface area contributed by atoms with Crippen LogP contribution >= 0.6 is 11.3 Å². The molecule has 0 unspecified atom stereocenters. The monoisotopic (exact) mass is 443 g/mol. The number of ether oxygens (including phenoxy) is 2. The Morgan fingerprint density at radius 3 is 2.35 bits per heavy atom. The number of carboxylic acid groups (broad SMARTS) is 1. The Hall–Kier alpha value is -3.13. The third-order valence-corrected chi connectivity index (χ3v) is 5.97. The Morgan fingerprint density at radius 1 is 1.06 bits per heavy atom. The fourth-order valence-electron chi connectivity index (χ4n) is 3.55. The molecule has 0 fully saturated rings. The number of aliphatic carboxylic acids is 1. The first-order valence-corrected chi connectivity index (χ1v) is 11.0. The van der Waals surface area contributed by atoms with Gasteiger partial charge in [-0.2, -0.15) is 0 Å². The van der Waals surface area contributed by atoms with E-state index in [9.17, 15) is 19.5 Å². The van der Waals surface area contributed by atoms with Crippen molar-refractivity contribution in [1.82, 2.24) is 0 Å². The van der Waals surface area contributed by atoms with Crippen LogP contribution in [0, 0.1) is 11.8 Å². The predicted octanol–water partition coefficient (Wildman–Crippen LogP) is 4.60. The van der Waals surface area contributed by atoms with Crippen LogP contribution in [0.25, 0.3) is 11.1 Å². The molecule has 2 N–H and O–H groups in total. The van der Waals surface area contributed by atoms with Gasteiger partial charge in [0.1, 0.15) is 16.3 Å². The number of rotatable bonds is 8. The van der Waals surface area contributed by atoms with E-state index in [4.69, 9.17) is 9.47 Å². The van der Waals surface area contributed by atoms with Crippen LogP contribution in [0.1, 0.15) is 37.0 Å². The molecule has 1 aromatic heterocycles. The summed E-state index contributed by atoms with van der Waals surface area (Å²) in [6, 6.07) is 7.31. The molecule has 0 radical (unpaired) electrons. The van der Waals surface area contributed by atoms with Gasteiger partial charge in [0.15, 0.2) is 0 Å². The molecule has 164 valence electrons. The highest BCUT2D eigenvalue weighted by atomic mass is 32.1. The molecule has 1 aliphatic rings. The summed E-state index contributed by atoms with van der Waals surface area (Å²) in [5.74, 6) is -2.73. The van der Waals surface area contributed by atoms with Gasteiger partial charge in [-0.05, 0) is 44.4 Å². The molecule has 1 heterocycles. The summed E-state index contributed by atoms with van der Waals surface area (Å²) in [7, 11) is 0. The lowest BCUT2D eigenvalue weighted by molar-refractivity contribution is -0.146. The molecule has 2 atom stereocenters. The molecule has 31 heavy (non-hydrogen) atoms. The molecular formula is C23H25NO6S. The summed E-state index contributed by atoms with van der Waals surface area (Å²) in [4.78, 5) is 37.2. The van der Waals surface area contributed by atoms with Crippen LogP contribution in [0.5, 0.6) is 5.75 Å². The maximum Gasteiger partial charge on any atom is 0.341 e. The number of hydrogen-bond acceptors (Lipinski definition) is 6. The van der Waals surface area contributed by atoms with Crippen molar-refractivity contribution in [3.05, 3.63) is 47.4 Å². The van der Waals surface area contributed by atoms with Gasteiger partial charge in [0.05, 0.1) is 25.0 Å². The lowest BCUT2D eigenvalue weighted by Gasteiger charge is -2.24. The molecule has 1 aromatic carbocycles. The number of benzene rings is 1. The zero-order chi connectivity index (χ0) is 22.4. The molecule has 0 spiro atoms. The third kappa shape index (κ3) is 5.14. The summed E-state index contributed by atoms with van der Waals surface area (Å²) >= 11 is 1.21. The summed E-state index contributed by atoms with van der Waals surface area (Å²) in [6.45, 7) is 4.36. The minimum Gasteiger partial charge on any atom is -0.494 e. The van der Waals surface area contributed by atoms with E-state index in [-0.39, 0.29) is 12.2 Å². The lowest BCUT2D eigenvalue weighted by Crippen LogP contribution is -2.34. The topological polar surface area (TPSA) is 102 Å². The molecule has 1 amide bonds. The van der Waals surface area contributed by atoms with Crippen molar-refractivity contribution in [2.24, 2.45) is 11.8 Å². The van der Waals surface area contributed by atoms with E-state index in [0.717, 1.165) is 11.3 Å². The van der Waals surface area contributed by atoms with E-state index in [2.05, 4.69) is 5.32 Å². The molecule has 2 aromatic rings. The van der Waals surface area contributed by atoms with Gasteiger partial charge in [-0.3, -0.25) is 9.59 Å². The fraction of sp³-hybridized carbons (Fsp3) is 0.348. The van der Waals surface area contributed by atoms with E-state index in [0.29, 0.717) is 30.0 Å². The average Bonchev–Trinajstić information content (AvgIpc) is 3.18. The largest absolute Gasteiger partial charge is 0.494 e. The summed E-state index contributed by atoms with van der Waals surface area (Å²) < 4.78 is 10.7. The number of hydrogen-bond donors (Lipinski definition) is 2. The summed E-state index contributed by atoms with van der Waals surface area (Å²) in [5.41, 5.74) is 1.69. The number of carboxylic acids is 1. The quantitative estimate of drug-likeness (QED) is 0.457. The van der Waals surface area contributed by atoms with Crippen molar-refractivity contribution in [2.45, 2.75) is 26.7 Å². The number of allylic oxidation sites excluding steroid dienone is 2. The maximum atomic E-state index is 12.9. The van der Waals surface area contributed by atoms with Gasteiger partial charge < -0.3 is 19.9 Å².